The molecule has 0 atom stereocenters. The van der Waals surface area contributed by atoms with Crippen LogP contribution in [0.5, 0.6) is 5.75 Å². The van der Waals surface area contributed by atoms with Crippen molar-refractivity contribution in [2.24, 2.45) is 5.41 Å². The van der Waals surface area contributed by atoms with Gasteiger partial charge in [0, 0.05) is 11.8 Å². The maximum Gasteiger partial charge on any atom is 0.422 e. The molecule has 1 N–H and O–H groups in total. The monoisotopic (exact) mass is 337 g/mol. The van der Waals surface area contributed by atoms with Gasteiger partial charge in [0.25, 0.3) is 0 Å². The van der Waals surface area contributed by atoms with E-state index in [0.717, 1.165) is 0 Å². The Hall–Kier alpha value is -1.16. The molecule has 1 aromatic rings. The zero-order valence-corrected chi connectivity index (χ0v) is 14.4. The summed E-state index contributed by atoms with van der Waals surface area (Å²) in [6.45, 7) is 8.37. The van der Waals surface area contributed by atoms with Gasteiger partial charge in [0.05, 0.1) is 5.69 Å². The first-order chi connectivity index (χ1) is 9.78. The average molecular weight is 337 g/mol. The van der Waals surface area contributed by atoms with Gasteiger partial charge in [0.2, 0.25) is 0 Å². The third-order valence-electron chi connectivity index (χ3n) is 2.79. The molecular weight excluding hydrogens is 314 g/mol. The zero-order valence-electron chi connectivity index (χ0n) is 13.5. The van der Waals surface area contributed by atoms with Crippen molar-refractivity contribution in [2.75, 3.05) is 31.8 Å². The first kappa shape index (κ1) is 18.9. The molecule has 22 heavy (non-hydrogen) atoms. The molecule has 7 heteroatoms. The molecule has 0 amide bonds. The zero-order chi connectivity index (χ0) is 17.2. The second kappa shape index (κ2) is 6.53. The second-order valence-electron chi connectivity index (χ2n) is 6.85. The highest BCUT2D eigenvalue weighted by Crippen LogP contribution is 2.38. The Kier molecular flexibility index (Phi) is 5.61. The first-order valence-electron chi connectivity index (χ1n) is 6.91. The number of nitrogens with one attached hydrogen (secondary N) is 1. The molecule has 0 saturated carbocycles. The Morgan fingerprint density at radius 2 is 1.77 bits per heavy atom. The van der Waals surface area contributed by atoms with Crippen LogP contribution in [0.1, 0.15) is 20.8 Å². The molecular formula is C15H23F3NO2P. The van der Waals surface area contributed by atoms with Crippen LogP contribution < -0.4 is 15.4 Å². The Morgan fingerprint density at radius 1 is 1.18 bits per heavy atom. The molecule has 0 unspecified atom stereocenters. The number of alkyl halides is 3. The third kappa shape index (κ3) is 6.73. The summed E-state index contributed by atoms with van der Waals surface area (Å²) in [6.07, 6.45) is -4.42. The van der Waals surface area contributed by atoms with Crippen LogP contribution in [0.15, 0.2) is 18.2 Å². The van der Waals surface area contributed by atoms with Gasteiger partial charge in [-0.05, 0) is 36.9 Å². The predicted octanol–water partition coefficient (Wildman–Crippen LogP) is 4.33. The van der Waals surface area contributed by atoms with Gasteiger partial charge in [-0.3, -0.25) is 0 Å². The van der Waals surface area contributed by atoms with Crippen LogP contribution in [0.2, 0.25) is 0 Å². The van der Waals surface area contributed by atoms with Crippen LogP contribution in [0.3, 0.4) is 0 Å². The smallest absolute Gasteiger partial charge is 0.422 e. The minimum Gasteiger partial charge on any atom is -0.482 e. The fourth-order valence-corrected chi connectivity index (χ4v) is 2.49. The summed E-state index contributed by atoms with van der Waals surface area (Å²) in [5.74, 6) is 0.0722. The van der Waals surface area contributed by atoms with E-state index in [1.807, 2.05) is 20.8 Å². The van der Waals surface area contributed by atoms with Crippen LogP contribution in [0.25, 0.3) is 0 Å². The number of hydrogen-bond donors (Lipinski definition) is 1. The van der Waals surface area contributed by atoms with Crippen LogP contribution in [-0.2, 0) is 4.57 Å². The molecule has 1 rings (SSSR count). The molecule has 0 saturated heterocycles. The topological polar surface area (TPSA) is 38.3 Å². The number of ether oxygens (including phenoxy) is 1. The highest BCUT2D eigenvalue weighted by molar-refractivity contribution is 7.70. The lowest BCUT2D eigenvalue weighted by molar-refractivity contribution is -0.153. The number of hydrogen-bond acceptors (Lipinski definition) is 3. The van der Waals surface area contributed by atoms with E-state index in [0.29, 0.717) is 17.5 Å². The summed E-state index contributed by atoms with van der Waals surface area (Å²) in [5.41, 5.74) is 0.432. The summed E-state index contributed by atoms with van der Waals surface area (Å²) < 4.78 is 54.1. The van der Waals surface area contributed by atoms with Gasteiger partial charge in [0.15, 0.2) is 6.61 Å². The number of anilines is 1. The van der Waals surface area contributed by atoms with Crippen LogP contribution >= 0.6 is 7.14 Å². The summed E-state index contributed by atoms with van der Waals surface area (Å²) >= 11 is 0. The van der Waals surface area contributed by atoms with Crippen molar-refractivity contribution in [3.63, 3.8) is 0 Å². The Bertz CT molecular complexity index is 559. The van der Waals surface area contributed by atoms with Crippen molar-refractivity contribution < 1.29 is 22.5 Å². The van der Waals surface area contributed by atoms with E-state index in [4.69, 9.17) is 4.74 Å². The van der Waals surface area contributed by atoms with Gasteiger partial charge in [-0.15, -0.1) is 0 Å². The Labute approximate surface area is 129 Å². The molecule has 126 valence electrons. The van der Waals surface area contributed by atoms with Crippen LogP contribution in [0.4, 0.5) is 18.9 Å². The van der Waals surface area contributed by atoms with Gasteiger partial charge in [-0.25, -0.2) is 0 Å². The molecule has 0 aliphatic rings. The molecule has 0 fully saturated rings. The standard InChI is InChI=1S/C15H23F3NO2P/c1-14(2,3)9-19-12-7-6-11(22(4,5)20)8-13(12)21-10-15(16,17)18/h6-8,19H,9-10H2,1-5H3. The summed E-state index contributed by atoms with van der Waals surface area (Å²) in [5, 5.41) is 3.58. The van der Waals surface area contributed by atoms with Crippen molar-refractivity contribution >= 4 is 18.1 Å². The molecule has 0 bridgehead atoms. The highest BCUT2D eigenvalue weighted by Gasteiger charge is 2.29. The van der Waals surface area contributed by atoms with Crippen molar-refractivity contribution in [2.45, 2.75) is 26.9 Å². The number of rotatable bonds is 5. The Balaban J connectivity index is 3.06. The fourth-order valence-electron chi connectivity index (χ4n) is 1.63. The van der Waals surface area contributed by atoms with E-state index in [-0.39, 0.29) is 11.2 Å². The maximum atomic E-state index is 12.4. The Morgan fingerprint density at radius 3 is 2.23 bits per heavy atom. The van der Waals surface area contributed by atoms with E-state index in [1.165, 1.54) is 6.07 Å². The molecule has 0 aromatic heterocycles. The van der Waals surface area contributed by atoms with Gasteiger partial charge < -0.3 is 14.6 Å². The fraction of sp³-hybridized carbons (Fsp3) is 0.600. The van der Waals surface area contributed by atoms with Gasteiger partial charge in [-0.1, -0.05) is 20.8 Å². The van der Waals surface area contributed by atoms with E-state index in [9.17, 15) is 17.7 Å². The summed E-state index contributed by atoms with van der Waals surface area (Å²) in [4.78, 5) is 0. The minimum atomic E-state index is -4.42. The lowest BCUT2D eigenvalue weighted by Gasteiger charge is -2.22. The van der Waals surface area contributed by atoms with Crippen molar-refractivity contribution in [3.8, 4) is 5.75 Å². The van der Waals surface area contributed by atoms with Crippen molar-refractivity contribution in [3.05, 3.63) is 18.2 Å². The maximum absolute atomic E-state index is 12.4. The van der Waals surface area contributed by atoms with Gasteiger partial charge in [0.1, 0.15) is 12.9 Å². The number of benzene rings is 1. The predicted molar refractivity (Wildman–Crippen MR) is 85.0 cm³/mol. The largest absolute Gasteiger partial charge is 0.482 e. The quantitative estimate of drug-likeness (QED) is 0.813. The van der Waals surface area contributed by atoms with Gasteiger partial charge in [-0.2, -0.15) is 13.2 Å². The number of halogens is 3. The third-order valence-corrected chi connectivity index (χ3v) is 4.31. The van der Waals surface area contributed by atoms with E-state index in [2.05, 4.69) is 5.32 Å². The molecule has 0 aliphatic heterocycles. The van der Waals surface area contributed by atoms with Crippen molar-refractivity contribution in [1.29, 1.82) is 0 Å². The molecule has 0 radical (unpaired) electrons. The lowest BCUT2D eigenvalue weighted by atomic mass is 9.97. The molecule has 0 aliphatic carbocycles. The van der Waals surface area contributed by atoms with E-state index >= 15 is 0 Å². The normalized spacial score (nSPS) is 13.1. The minimum absolute atomic E-state index is 0.0369. The summed E-state index contributed by atoms with van der Waals surface area (Å²) in [7, 11) is -2.57. The van der Waals surface area contributed by atoms with Crippen molar-refractivity contribution in [1.82, 2.24) is 0 Å². The molecule has 0 spiro atoms. The van der Waals surface area contributed by atoms with Gasteiger partial charge >= 0.3 is 6.18 Å². The second-order valence-corrected chi connectivity index (χ2v) is 10.1. The highest BCUT2D eigenvalue weighted by atomic mass is 31.2. The van der Waals surface area contributed by atoms with Crippen LogP contribution in [0, 0.1) is 5.41 Å². The van der Waals surface area contributed by atoms with Crippen LogP contribution in [-0.4, -0.2) is 32.7 Å². The average Bonchev–Trinajstić information content (AvgIpc) is 2.31. The van der Waals surface area contributed by atoms with E-state index in [1.54, 1.807) is 25.5 Å². The SMILES string of the molecule is CC(C)(C)CNc1ccc(P(C)(C)=O)cc1OCC(F)(F)F. The van der Waals surface area contributed by atoms with E-state index < -0.39 is 19.9 Å². The summed E-state index contributed by atoms with van der Waals surface area (Å²) in [6, 6.07) is 4.70. The molecule has 0 heterocycles. The molecule has 3 nitrogen and oxygen atoms in total. The lowest BCUT2D eigenvalue weighted by Crippen LogP contribution is -2.22. The first-order valence-corrected chi connectivity index (χ1v) is 9.51. The molecule has 1 aromatic carbocycles.